The maximum atomic E-state index is 14.4. The molecule has 0 radical (unpaired) electrons. The van der Waals surface area contributed by atoms with E-state index in [0.29, 0.717) is 21.3 Å². The van der Waals surface area contributed by atoms with Crippen molar-refractivity contribution in [1.29, 1.82) is 0 Å². The number of hydrogen-bond acceptors (Lipinski definition) is 6. The van der Waals surface area contributed by atoms with E-state index in [1.165, 1.54) is 25.4 Å². The van der Waals surface area contributed by atoms with Crippen molar-refractivity contribution in [2.24, 2.45) is 4.99 Å². The van der Waals surface area contributed by atoms with Crippen molar-refractivity contribution in [3.63, 3.8) is 0 Å². The van der Waals surface area contributed by atoms with Crippen LogP contribution in [0.2, 0.25) is 10.0 Å². The van der Waals surface area contributed by atoms with Crippen LogP contribution in [0.15, 0.2) is 52.8 Å². The summed E-state index contributed by atoms with van der Waals surface area (Å²) in [5.41, 5.74) is 1.13. The molecule has 9 heteroatoms. The molecule has 0 amide bonds. The summed E-state index contributed by atoms with van der Waals surface area (Å²) >= 11 is 12.4. The Hall–Kier alpha value is -2.48. The third kappa shape index (κ3) is 4.80. The summed E-state index contributed by atoms with van der Waals surface area (Å²) in [6.07, 6.45) is 1.35. The van der Waals surface area contributed by atoms with Gasteiger partial charge in [0.1, 0.15) is 11.7 Å². The molecule has 1 aromatic carbocycles. The van der Waals surface area contributed by atoms with Gasteiger partial charge in [0.2, 0.25) is 0 Å². The summed E-state index contributed by atoms with van der Waals surface area (Å²) in [7, 11) is 1.27. The van der Waals surface area contributed by atoms with E-state index in [1.807, 2.05) is 13.8 Å². The first-order valence-corrected chi connectivity index (χ1v) is 9.91. The molecule has 30 heavy (non-hydrogen) atoms. The van der Waals surface area contributed by atoms with Crippen LogP contribution >= 0.6 is 23.2 Å². The van der Waals surface area contributed by atoms with Gasteiger partial charge >= 0.3 is 5.97 Å². The molecule has 1 aliphatic heterocycles. The number of carbonyl (C=O) groups excluding carboxylic acids is 1. The van der Waals surface area contributed by atoms with Gasteiger partial charge in [-0.05, 0) is 38.1 Å². The lowest BCUT2D eigenvalue weighted by Gasteiger charge is -2.28. The van der Waals surface area contributed by atoms with Crippen molar-refractivity contribution < 1.29 is 18.7 Å². The minimum absolute atomic E-state index is 0.0125. The molecule has 0 bridgehead atoms. The van der Waals surface area contributed by atoms with Gasteiger partial charge in [0.25, 0.3) is 0 Å². The summed E-state index contributed by atoms with van der Waals surface area (Å²) in [6.45, 7) is 3.78. The molecule has 158 valence electrons. The number of hydrogen-bond donors (Lipinski definition) is 1. The molecule has 6 nitrogen and oxygen atoms in total. The second kappa shape index (κ2) is 9.55. The Kier molecular flexibility index (Phi) is 7.07. The van der Waals surface area contributed by atoms with E-state index in [2.05, 4.69) is 15.3 Å². The van der Waals surface area contributed by atoms with Gasteiger partial charge in [-0.3, -0.25) is 4.99 Å². The van der Waals surface area contributed by atoms with Gasteiger partial charge in [0, 0.05) is 21.8 Å². The van der Waals surface area contributed by atoms with Crippen LogP contribution in [-0.2, 0) is 14.3 Å². The summed E-state index contributed by atoms with van der Waals surface area (Å²) in [5.74, 6) is -1.01. The standard InChI is InChI=1S/C21H20Cl2FN3O3/c1-11(2)30-10-16-17(21(28)29-3)18(13-7-6-12(22)9-14(13)23)27-20(26-16)19-15(24)5-4-8-25-19/h4-9,11,18H,10H2,1-3H3,(H,26,27). The highest BCUT2D eigenvalue weighted by atomic mass is 35.5. The predicted molar refractivity (Wildman–Crippen MR) is 113 cm³/mol. The number of nitrogens with one attached hydrogen (secondary N) is 1. The van der Waals surface area contributed by atoms with Crippen LogP contribution in [0.4, 0.5) is 4.39 Å². The minimum atomic E-state index is -0.870. The first kappa shape index (κ1) is 22.2. The average Bonchev–Trinajstić information content (AvgIpc) is 2.71. The van der Waals surface area contributed by atoms with Gasteiger partial charge in [-0.25, -0.2) is 14.2 Å². The van der Waals surface area contributed by atoms with E-state index in [9.17, 15) is 9.18 Å². The van der Waals surface area contributed by atoms with E-state index in [1.54, 1.807) is 18.2 Å². The number of aliphatic imine (C=N–C) groups is 1. The van der Waals surface area contributed by atoms with Gasteiger partial charge in [-0.15, -0.1) is 0 Å². The van der Waals surface area contributed by atoms with Crippen LogP contribution in [0, 0.1) is 5.82 Å². The van der Waals surface area contributed by atoms with E-state index in [-0.39, 0.29) is 29.8 Å². The molecule has 1 unspecified atom stereocenters. The lowest BCUT2D eigenvalue weighted by atomic mass is 9.95. The van der Waals surface area contributed by atoms with Gasteiger partial charge in [-0.2, -0.15) is 0 Å². The Morgan fingerprint density at radius 1 is 1.30 bits per heavy atom. The Labute approximate surface area is 183 Å². The zero-order valence-corrected chi connectivity index (χ0v) is 18.1. The third-order valence-electron chi connectivity index (χ3n) is 4.33. The Balaban J connectivity index is 2.19. The lowest BCUT2D eigenvalue weighted by molar-refractivity contribution is -0.136. The fourth-order valence-electron chi connectivity index (χ4n) is 2.94. The van der Waals surface area contributed by atoms with Gasteiger partial charge in [-0.1, -0.05) is 29.3 Å². The number of aromatic nitrogens is 1. The normalized spacial score (nSPS) is 16.4. The number of ether oxygens (including phenoxy) is 2. The highest BCUT2D eigenvalue weighted by Gasteiger charge is 2.34. The highest BCUT2D eigenvalue weighted by molar-refractivity contribution is 6.35. The number of halogens is 3. The number of amidine groups is 1. The molecule has 2 heterocycles. The lowest BCUT2D eigenvalue weighted by Crippen LogP contribution is -2.37. The molecule has 0 spiro atoms. The molecule has 0 fully saturated rings. The van der Waals surface area contributed by atoms with Crippen LogP contribution in [0.25, 0.3) is 0 Å². The number of esters is 1. The first-order valence-electron chi connectivity index (χ1n) is 9.15. The van der Waals surface area contributed by atoms with E-state index in [4.69, 9.17) is 32.7 Å². The van der Waals surface area contributed by atoms with Crippen LogP contribution in [-0.4, -0.2) is 36.6 Å². The first-order chi connectivity index (χ1) is 14.3. The van der Waals surface area contributed by atoms with E-state index < -0.39 is 17.8 Å². The van der Waals surface area contributed by atoms with Crippen LogP contribution in [0.3, 0.4) is 0 Å². The van der Waals surface area contributed by atoms with Crippen molar-refractivity contribution in [2.75, 3.05) is 13.7 Å². The highest BCUT2D eigenvalue weighted by Crippen LogP contribution is 2.37. The maximum absolute atomic E-state index is 14.4. The monoisotopic (exact) mass is 451 g/mol. The molecular formula is C21H20Cl2FN3O3. The molecule has 2 aromatic rings. The summed E-state index contributed by atoms with van der Waals surface area (Å²) in [5, 5.41) is 3.74. The van der Waals surface area contributed by atoms with E-state index in [0.717, 1.165) is 0 Å². The largest absolute Gasteiger partial charge is 0.466 e. The molecule has 1 aromatic heterocycles. The number of pyridine rings is 1. The van der Waals surface area contributed by atoms with Crippen molar-refractivity contribution >= 4 is 35.0 Å². The fraction of sp³-hybridized carbons (Fsp3) is 0.286. The van der Waals surface area contributed by atoms with Gasteiger partial charge < -0.3 is 14.8 Å². The Morgan fingerprint density at radius 2 is 2.07 bits per heavy atom. The van der Waals surface area contributed by atoms with Crippen molar-refractivity contribution in [1.82, 2.24) is 10.3 Å². The molecule has 3 rings (SSSR count). The quantitative estimate of drug-likeness (QED) is 0.655. The molecule has 1 N–H and O–H groups in total. The summed E-state index contributed by atoms with van der Waals surface area (Å²) < 4.78 is 25.1. The number of methoxy groups -OCH3 is 1. The number of carbonyl (C=O) groups is 1. The Bertz CT molecular complexity index is 1020. The van der Waals surface area contributed by atoms with Crippen molar-refractivity contribution in [3.8, 4) is 0 Å². The Morgan fingerprint density at radius 3 is 2.70 bits per heavy atom. The predicted octanol–water partition coefficient (Wildman–Crippen LogP) is 4.47. The SMILES string of the molecule is COC(=O)C1=C(COC(C)C)NC(c2ncccc2F)=NC1c1ccc(Cl)cc1Cl. The topological polar surface area (TPSA) is 72.8 Å². The third-order valence-corrected chi connectivity index (χ3v) is 4.89. The maximum Gasteiger partial charge on any atom is 0.338 e. The zero-order valence-electron chi connectivity index (χ0n) is 16.6. The molecule has 0 saturated heterocycles. The smallest absolute Gasteiger partial charge is 0.338 e. The number of rotatable bonds is 6. The van der Waals surface area contributed by atoms with Crippen molar-refractivity contribution in [3.05, 3.63) is 74.9 Å². The van der Waals surface area contributed by atoms with Crippen LogP contribution in [0.1, 0.15) is 31.1 Å². The molecular weight excluding hydrogens is 432 g/mol. The number of nitrogens with zero attached hydrogens (tertiary/aromatic N) is 2. The van der Waals surface area contributed by atoms with Gasteiger partial charge in [0.05, 0.1) is 31.1 Å². The second-order valence-corrected chi connectivity index (χ2v) is 7.59. The number of benzene rings is 1. The van der Waals surface area contributed by atoms with E-state index >= 15 is 0 Å². The molecule has 0 aliphatic carbocycles. The zero-order chi connectivity index (χ0) is 21.8. The second-order valence-electron chi connectivity index (χ2n) is 6.75. The van der Waals surface area contributed by atoms with Crippen molar-refractivity contribution in [2.45, 2.75) is 26.0 Å². The summed E-state index contributed by atoms with van der Waals surface area (Å²) in [6, 6.07) is 6.75. The summed E-state index contributed by atoms with van der Waals surface area (Å²) in [4.78, 5) is 21.3. The average molecular weight is 452 g/mol. The van der Waals surface area contributed by atoms with Gasteiger partial charge in [0.15, 0.2) is 11.7 Å². The molecule has 1 aliphatic rings. The fourth-order valence-corrected chi connectivity index (χ4v) is 3.45. The molecule has 1 atom stereocenters. The van der Waals surface area contributed by atoms with Crippen LogP contribution in [0.5, 0.6) is 0 Å². The minimum Gasteiger partial charge on any atom is -0.466 e. The van der Waals surface area contributed by atoms with Crippen LogP contribution < -0.4 is 5.32 Å². The molecule has 0 saturated carbocycles.